The Kier molecular flexibility index (Phi) is 3.70. The van der Waals surface area contributed by atoms with Crippen molar-refractivity contribution in [1.82, 2.24) is 0 Å². The van der Waals surface area contributed by atoms with Crippen molar-refractivity contribution in [2.24, 2.45) is 11.3 Å². The van der Waals surface area contributed by atoms with Gasteiger partial charge in [0.1, 0.15) is 11.9 Å². The van der Waals surface area contributed by atoms with Crippen molar-refractivity contribution in [2.45, 2.75) is 58.5 Å². The van der Waals surface area contributed by atoms with Gasteiger partial charge in [-0.15, -0.1) is 0 Å². The number of hydrogen-bond donors (Lipinski definition) is 0. The second-order valence-corrected chi connectivity index (χ2v) is 7.47. The first-order valence-electron chi connectivity index (χ1n) is 8.31. The van der Waals surface area contributed by atoms with Crippen LogP contribution in [0.15, 0.2) is 24.3 Å². The van der Waals surface area contributed by atoms with Crippen molar-refractivity contribution >= 4 is 5.97 Å². The number of fused-ring (bicyclic) bond motifs is 3. The van der Waals surface area contributed by atoms with E-state index in [0.717, 1.165) is 18.6 Å². The molecule has 1 saturated carbocycles. The van der Waals surface area contributed by atoms with E-state index < -0.39 is 0 Å². The van der Waals surface area contributed by atoms with Gasteiger partial charge in [-0.1, -0.05) is 39.0 Å². The molecule has 120 valence electrons. The fourth-order valence-corrected chi connectivity index (χ4v) is 4.75. The number of carbonyl (C=O) groups excluding carboxylic acids is 1. The minimum Gasteiger partial charge on any atom is -0.489 e. The summed E-state index contributed by atoms with van der Waals surface area (Å²) < 4.78 is 11.4. The van der Waals surface area contributed by atoms with Gasteiger partial charge in [0.05, 0.1) is 6.61 Å². The molecule has 2 aliphatic rings. The maximum absolute atomic E-state index is 11.8. The van der Waals surface area contributed by atoms with Gasteiger partial charge in [-0.25, -0.2) is 0 Å². The summed E-state index contributed by atoms with van der Waals surface area (Å²) in [5, 5.41) is 0. The van der Waals surface area contributed by atoms with E-state index in [2.05, 4.69) is 39.0 Å². The molecule has 0 N–H and O–H groups in total. The van der Waals surface area contributed by atoms with Gasteiger partial charge in [-0.2, -0.15) is 0 Å². The highest BCUT2D eigenvalue weighted by Gasteiger charge is 2.61. The van der Waals surface area contributed by atoms with Gasteiger partial charge in [0.25, 0.3) is 0 Å². The molecule has 3 rings (SSSR count). The zero-order valence-electron chi connectivity index (χ0n) is 14.0. The highest BCUT2D eigenvalue weighted by atomic mass is 16.5. The van der Waals surface area contributed by atoms with Crippen LogP contribution in [0, 0.1) is 11.3 Å². The lowest BCUT2D eigenvalue weighted by Crippen LogP contribution is -2.37. The van der Waals surface area contributed by atoms with E-state index in [4.69, 9.17) is 9.47 Å². The van der Waals surface area contributed by atoms with Crippen LogP contribution >= 0.6 is 0 Å². The van der Waals surface area contributed by atoms with Crippen LogP contribution in [0.3, 0.4) is 0 Å². The van der Waals surface area contributed by atoms with Gasteiger partial charge in [0.2, 0.25) is 0 Å². The van der Waals surface area contributed by atoms with Gasteiger partial charge >= 0.3 is 5.97 Å². The quantitative estimate of drug-likeness (QED) is 0.786. The highest BCUT2D eigenvalue weighted by Crippen LogP contribution is 2.62. The Labute approximate surface area is 133 Å². The van der Waals surface area contributed by atoms with E-state index in [9.17, 15) is 4.79 Å². The average Bonchev–Trinajstić information content (AvgIpc) is 2.82. The van der Waals surface area contributed by atoms with Crippen LogP contribution in [-0.2, 0) is 14.9 Å². The first-order valence-corrected chi connectivity index (χ1v) is 8.31. The smallest absolute Gasteiger partial charge is 0.305 e. The van der Waals surface area contributed by atoms with E-state index >= 15 is 0 Å². The molecule has 1 aromatic carbocycles. The summed E-state index contributed by atoms with van der Waals surface area (Å²) in [6.45, 7) is 9.24. The van der Waals surface area contributed by atoms with Crippen molar-refractivity contribution in [3.05, 3.63) is 29.8 Å². The molecule has 1 fully saturated rings. The van der Waals surface area contributed by atoms with E-state index in [1.54, 1.807) is 0 Å². The third kappa shape index (κ3) is 2.22. The Bertz CT molecular complexity index is 578. The predicted molar refractivity (Wildman–Crippen MR) is 86.0 cm³/mol. The van der Waals surface area contributed by atoms with Crippen molar-refractivity contribution in [3.8, 4) is 5.75 Å². The maximum Gasteiger partial charge on any atom is 0.305 e. The van der Waals surface area contributed by atoms with Gasteiger partial charge in [0.15, 0.2) is 0 Å². The lowest BCUT2D eigenvalue weighted by atomic mass is 9.66. The summed E-state index contributed by atoms with van der Waals surface area (Å²) in [5.74, 6) is 1.35. The highest BCUT2D eigenvalue weighted by molar-refractivity contribution is 5.69. The van der Waals surface area contributed by atoms with Crippen molar-refractivity contribution in [3.63, 3.8) is 0 Å². The number of rotatable bonds is 4. The molecule has 0 aromatic heterocycles. The molecular weight excluding hydrogens is 276 g/mol. The van der Waals surface area contributed by atoms with Crippen molar-refractivity contribution in [2.75, 3.05) is 6.61 Å². The summed E-state index contributed by atoms with van der Waals surface area (Å²) in [5.41, 5.74) is 1.46. The third-order valence-corrected chi connectivity index (χ3v) is 5.73. The van der Waals surface area contributed by atoms with Crippen LogP contribution in [0.25, 0.3) is 0 Å². The van der Waals surface area contributed by atoms with Crippen LogP contribution in [-0.4, -0.2) is 18.7 Å². The summed E-state index contributed by atoms with van der Waals surface area (Å²) >= 11 is 0. The van der Waals surface area contributed by atoms with Gasteiger partial charge < -0.3 is 9.47 Å². The molecule has 1 aliphatic heterocycles. The lowest BCUT2D eigenvalue weighted by Gasteiger charge is -2.36. The van der Waals surface area contributed by atoms with Crippen LogP contribution in [0.1, 0.15) is 52.5 Å². The van der Waals surface area contributed by atoms with Crippen molar-refractivity contribution < 1.29 is 14.3 Å². The molecular formula is C19H26O3. The zero-order valence-corrected chi connectivity index (χ0v) is 14.0. The molecule has 0 amide bonds. The van der Waals surface area contributed by atoms with E-state index in [1.807, 2.05) is 13.0 Å². The Hall–Kier alpha value is -1.51. The largest absolute Gasteiger partial charge is 0.489 e. The zero-order chi connectivity index (χ0) is 16.0. The molecule has 0 spiro atoms. The Morgan fingerprint density at radius 1 is 1.32 bits per heavy atom. The second-order valence-electron chi connectivity index (χ2n) is 7.47. The van der Waals surface area contributed by atoms with Crippen LogP contribution in [0.5, 0.6) is 5.75 Å². The Balaban J connectivity index is 1.88. The molecule has 0 saturated heterocycles. The average molecular weight is 302 g/mol. The molecule has 1 aliphatic carbocycles. The van der Waals surface area contributed by atoms with Gasteiger partial charge in [0, 0.05) is 17.4 Å². The number of carbonyl (C=O) groups is 1. The topological polar surface area (TPSA) is 35.5 Å². The van der Waals surface area contributed by atoms with Crippen LogP contribution in [0.4, 0.5) is 0 Å². The Morgan fingerprint density at radius 3 is 2.77 bits per heavy atom. The normalized spacial score (nSPS) is 31.3. The number of hydrogen-bond acceptors (Lipinski definition) is 3. The van der Waals surface area contributed by atoms with E-state index in [-0.39, 0.29) is 22.9 Å². The predicted octanol–water partition coefficient (Wildman–Crippen LogP) is 4.09. The van der Waals surface area contributed by atoms with Crippen molar-refractivity contribution in [1.29, 1.82) is 0 Å². The van der Waals surface area contributed by atoms with E-state index in [0.29, 0.717) is 18.9 Å². The standard InChI is InChI=1S/C19H26O3/c1-5-21-17(20)11-10-15-18(2,3)12-16-19(15,4)13-8-6-7-9-14(13)22-16/h6-9,15-16H,5,10-12H2,1-4H3/t15-,16-,19+/m0/s1. The molecule has 1 heterocycles. The molecule has 3 nitrogen and oxygen atoms in total. The molecule has 22 heavy (non-hydrogen) atoms. The number of para-hydroxylation sites is 1. The summed E-state index contributed by atoms with van der Waals surface area (Å²) in [6, 6.07) is 8.37. The van der Waals surface area contributed by atoms with Gasteiger partial charge in [-0.05, 0) is 37.2 Å². The number of esters is 1. The third-order valence-electron chi connectivity index (χ3n) is 5.73. The molecule has 0 bridgehead atoms. The summed E-state index contributed by atoms with van der Waals surface area (Å²) in [6.07, 6.45) is 2.60. The fourth-order valence-electron chi connectivity index (χ4n) is 4.75. The maximum atomic E-state index is 11.8. The molecule has 3 heteroatoms. The Morgan fingerprint density at radius 2 is 2.05 bits per heavy atom. The number of benzene rings is 1. The lowest BCUT2D eigenvalue weighted by molar-refractivity contribution is -0.143. The monoisotopic (exact) mass is 302 g/mol. The fraction of sp³-hybridized carbons (Fsp3) is 0.632. The summed E-state index contributed by atoms with van der Waals surface area (Å²) in [4.78, 5) is 11.8. The first kappa shape index (κ1) is 15.4. The minimum atomic E-state index is -0.0856. The SMILES string of the molecule is CCOC(=O)CC[C@H]1C(C)(C)C[C@@H]2Oc3ccccc3[C@@]21C. The number of ether oxygens (including phenoxy) is 2. The van der Waals surface area contributed by atoms with Crippen LogP contribution in [0.2, 0.25) is 0 Å². The first-order chi connectivity index (χ1) is 10.4. The molecule has 3 atom stereocenters. The molecule has 1 aromatic rings. The summed E-state index contributed by atoms with van der Waals surface area (Å²) in [7, 11) is 0. The van der Waals surface area contributed by atoms with Crippen LogP contribution < -0.4 is 4.74 Å². The second kappa shape index (κ2) is 5.29. The van der Waals surface area contributed by atoms with Gasteiger partial charge in [-0.3, -0.25) is 4.79 Å². The minimum absolute atomic E-state index is 0.00735. The van der Waals surface area contributed by atoms with E-state index in [1.165, 1.54) is 5.56 Å². The molecule has 0 radical (unpaired) electrons. The molecule has 0 unspecified atom stereocenters.